The minimum Gasteiger partial charge on any atom is -0.304 e. The molecule has 0 saturated carbocycles. The van der Waals surface area contributed by atoms with E-state index in [0.717, 1.165) is 16.7 Å². The van der Waals surface area contributed by atoms with Crippen LogP contribution in [0.5, 0.6) is 0 Å². The fraction of sp³-hybridized carbons (Fsp3) is 0.267. The van der Waals surface area contributed by atoms with Crippen molar-refractivity contribution in [3.8, 4) is 0 Å². The van der Waals surface area contributed by atoms with Crippen molar-refractivity contribution < 1.29 is 0 Å². The molecule has 4 heteroatoms. The van der Waals surface area contributed by atoms with Gasteiger partial charge in [-0.25, -0.2) is 0 Å². The lowest BCUT2D eigenvalue weighted by Gasteiger charge is -2.25. The third-order valence-corrected chi connectivity index (χ3v) is 4.87. The number of nitrogens with zero attached hydrogens (tertiary/aromatic N) is 1. The van der Waals surface area contributed by atoms with Gasteiger partial charge < -0.3 is 5.32 Å². The average molecular weight is 335 g/mol. The molecule has 1 unspecified atom stereocenters. The fourth-order valence-electron chi connectivity index (χ4n) is 2.29. The highest BCUT2D eigenvalue weighted by molar-refractivity contribution is 9.10. The van der Waals surface area contributed by atoms with Crippen molar-refractivity contribution in [1.82, 2.24) is 10.3 Å². The number of fused-ring (bicyclic) bond motifs is 1. The summed E-state index contributed by atoms with van der Waals surface area (Å²) in [7, 11) is 0. The van der Waals surface area contributed by atoms with Crippen LogP contribution in [0.1, 0.15) is 23.7 Å². The maximum atomic E-state index is 4.40. The second kappa shape index (κ2) is 6.07. The molecule has 1 aromatic carbocycles. The van der Waals surface area contributed by atoms with E-state index in [-0.39, 0.29) is 0 Å². The largest absolute Gasteiger partial charge is 0.304 e. The van der Waals surface area contributed by atoms with E-state index < -0.39 is 0 Å². The second-order valence-electron chi connectivity index (χ2n) is 4.58. The summed E-state index contributed by atoms with van der Waals surface area (Å²) in [6.07, 6.45) is 3.03. The van der Waals surface area contributed by atoms with Crippen LogP contribution in [0.15, 0.2) is 52.0 Å². The first-order valence-electron chi connectivity index (χ1n) is 6.38. The van der Waals surface area contributed by atoms with Crippen molar-refractivity contribution in [3.05, 3.63) is 58.3 Å². The summed E-state index contributed by atoms with van der Waals surface area (Å²) in [6, 6.07) is 13.2. The van der Waals surface area contributed by atoms with Gasteiger partial charge in [0.15, 0.2) is 0 Å². The molecule has 19 heavy (non-hydrogen) atoms. The molecule has 2 aromatic rings. The Bertz CT molecular complexity index is 556. The van der Waals surface area contributed by atoms with Crippen molar-refractivity contribution >= 4 is 27.7 Å². The van der Waals surface area contributed by atoms with Crippen LogP contribution in [0, 0.1) is 0 Å². The first kappa shape index (κ1) is 13.2. The summed E-state index contributed by atoms with van der Waals surface area (Å²) >= 11 is 5.36. The first-order chi connectivity index (χ1) is 9.33. The number of nitrogens with one attached hydrogen (secondary N) is 1. The van der Waals surface area contributed by atoms with Crippen LogP contribution in [0.2, 0.25) is 0 Å². The van der Waals surface area contributed by atoms with Gasteiger partial charge in [0.05, 0.1) is 5.69 Å². The quantitative estimate of drug-likeness (QED) is 0.911. The normalized spacial score (nSPS) is 18.1. The van der Waals surface area contributed by atoms with E-state index in [1.807, 2.05) is 24.0 Å². The van der Waals surface area contributed by atoms with E-state index in [1.165, 1.54) is 22.6 Å². The highest BCUT2D eigenvalue weighted by Gasteiger charge is 2.19. The lowest BCUT2D eigenvalue weighted by Crippen LogP contribution is -2.24. The van der Waals surface area contributed by atoms with Crippen molar-refractivity contribution in [2.75, 3.05) is 5.75 Å². The molecule has 1 aromatic heterocycles. The van der Waals surface area contributed by atoms with Crippen molar-refractivity contribution in [3.63, 3.8) is 0 Å². The van der Waals surface area contributed by atoms with E-state index in [9.17, 15) is 0 Å². The van der Waals surface area contributed by atoms with E-state index in [4.69, 9.17) is 0 Å². The van der Waals surface area contributed by atoms with Crippen LogP contribution in [-0.4, -0.2) is 10.7 Å². The van der Waals surface area contributed by atoms with E-state index in [2.05, 4.69) is 56.6 Å². The molecule has 0 fully saturated rings. The molecule has 1 N–H and O–H groups in total. The minimum atomic E-state index is 0.447. The molecule has 0 aliphatic carbocycles. The van der Waals surface area contributed by atoms with Gasteiger partial charge in [-0.1, -0.05) is 18.2 Å². The Morgan fingerprint density at radius 2 is 2.16 bits per heavy atom. The zero-order chi connectivity index (χ0) is 13.1. The SMILES string of the molecule is Brc1ccc(CNC2CCSc3ccccc32)nc1. The molecular weight excluding hydrogens is 320 g/mol. The van der Waals surface area contributed by atoms with E-state index in [0.29, 0.717) is 6.04 Å². The Kier molecular flexibility index (Phi) is 4.21. The lowest BCUT2D eigenvalue weighted by atomic mass is 10.0. The van der Waals surface area contributed by atoms with Crippen LogP contribution < -0.4 is 5.32 Å². The summed E-state index contributed by atoms with van der Waals surface area (Å²) in [4.78, 5) is 5.82. The molecule has 2 nitrogen and oxygen atoms in total. The van der Waals surface area contributed by atoms with Gasteiger partial charge in [0, 0.05) is 28.2 Å². The zero-order valence-electron chi connectivity index (χ0n) is 10.5. The highest BCUT2D eigenvalue weighted by Crippen LogP contribution is 2.35. The number of benzene rings is 1. The molecule has 0 saturated heterocycles. The van der Waals surface area contributed by atoms with Crippen molar-refractivity contribution in [1.29, 1.82) is 0 Å². The predicted molar refractivity (Wildman–Crippen MR) is 83.3 cm³/mol. The van der Waals surface area contributed by atoms with Gasteiger partial charge in [-0.05, 0) is 51.9 Å². The van der Waals surface area contributed by atoms with Crippen LogP contribution in [0.25, 0.3) is 0 Å². The number of rotatable bonds is 3. The molecule has 0 bridgehead atoms. The Hall–Kier alpha value is -0.840. The Morgan fingerprint density at radius 3 is 3.00 bits per heavy atom. The molecule has 3 rings (SSSR count). The monoisotopic (exact) mass is 334 g/mol. The second-order valence-corrected chi connectivity index (χ2v) is 6.63. The summed E-state index contributed by atoms with van der Waals surface area (Å²) in [6.45, 7) is 0.816. The predicted octanol–water partition coefficient (Wildman–Crippen LogP) is 4.17. The molecule has 1 aliphatic rings. The molecular formula is C15H15BrN2S. The fourth-order valence-corrected chi connectivity index (χ4v) is 3.65. The van der Waals surface area contributed by atoms with E-state index >= 15 is 0 Å². The number of aromatic nitrogens is 1. The van der Waals surface area contributed by atoms with Gasteiger partial charge in [-0.3, -0.25) is 4.98 Å². The average Bonchev–Trinajstić information content (AvgIpc) is 2.47. The third kappa shape index (κ3) is 3.19. The topological polar surface area (TPSA) is 24.9 Å². The third-order valence-electron chi connectivity index (χ3n) is 3.28. The molecule has 0 amide bonds. The smallest absolute Gasteiger partial charge is 0.0542 e. The number of thioether (sulfide) groups is 1. The number of hydrogen-bond donors (Lipinski definition) is 1. The zero-order valence-corrected chi connectivity index (χ0v) is 12.9. The summed E-state index contributed by atoms with van der Waals surface area (Å²) in [5.41, 5.74) is 2.51. The van der Waals surface area contributed by atoms with E-state index in [1.54, 1.807) is 0 Å². The van der Waals surface area contributed by atoms with Crippen LogP contribution in [0.3, 0.4) is 0 Å². The van der Waals surface area contributed by atoms with Gasteiger partial charge in [0.1, 0.15) is 0 Å². The van der Waals surface area contributed by atoms with Crippen LogP contribution in [-0.2, 0) is 6.54 Å². The first-order valence-corrected chi connectivity index (χ1v) is 8.16. The van der Waals surface area contributed by atoms with Gasteiger partial charge in [0.2, 0.25) is 0 Å². The summed E-state index contributed by atoms with van der Waals surface area (Å²) in [5, 5.41) is 3.62. The van der Waals surface area contributed by atoms with Gasteiger partial charge >= 0.3 is 0 Å². The molecule has 1 aliphatic heterocycles. The van der Waals surface area contributed by atoms with Crippen LogP contribution >= 0.6 is 27.7 Å². The maximum absolute atomic E-state index is 4.40. The minimum absolute atomic E-state index is 0.447. The van der Waals surface area contributed by atoms with Crippen LogP contribution in [0.4, 0.5) is 0 Å². The van der Waals surface area contributed by atoms with Gasteiger partial charge in [0.25, 0.3) is 0 Å². The maximum Gasteiger partial charge on any atom is 0.0542 e. The molecule has 0 spiro atoms. The Labute approximate surface area is 126 Å². The molecule has 1 atom stereocenters. The summed E-state index contributed by atoms with van der Waals surface area (Å²) < 4.78 is 1.02. The van der Waals surface area contributed by atoms with Crippen molar-refractivity contribution in [2.45, 2.75) is 23.9 Å². The van der Waals surface area contributed by atoms with Gasteiger partial charge in [-0.15, -0.1) is 11.8 Å². The van der Waals surface area contributed by atoms with Crippen molar-refractivity contribution in [2.24, 2.45) is 0 Å². The Balaban J connectivity index is 1.69. The molecule has 2 heterocycles. The Morgan fingerprint density at radius 1 is 1.26 bits per heavy atom. The number of hydrogen-bond acceptors (Lipinski definition) is 3. The molecule has 98 valence electrons. The highest BCUT2D eigenvalue weighted by atomic mass is 79.9. The summed E-state index contributed by atoms with van der Waals surface area (Å²) in [5.74, 6) is 1.18. The number of pyridine rings is 1. The molecule has 0 radical (unpaired) electrons. The lowest BCUT2D eigenvalue weighted by molar-refractivity contribution is 0.505. The standard InChI is InChI=1S/C15H15BrN2S/c16-11-5-6-12(17-9-11)10-18-14-7-8-19-15-4-2-1-3-13(14)15/h1-6,9,14,18H,7-8,10H2. The number of halogens is 1. The van der Waals surface area contributed by atoms with Gasteiger partial charge in [-0.2, -0.15) is 0 Å².